The summed E-state index contributed by atoms with van der Waals surface area (Å²) < 4.78 is 0.448. The third-order valence-corrected chi connectivity index (χ3v) is 3.85. The molecular weight excluding hydrogens is 220 g/mol. The summed E-state index contributed by atoms with van der Waals surface area (Å²) in [4.78, 5) is 14.0. The van der Waals surface area contributed by atoms with E-state index in [9.17, 15) is 0 Å². The van der Waals surface area contributed by atoms with Crippen molar-refractivity contribution in [3.63, 3.8) is 0 Å². The average Bonchev–Trinajstić information content (AvgIpc) is 2.56. The minimum absolute atomic E-state index is 0.448. The monoisotopic (exact) mass is 236 g/mol. The van der Waals surface area contributed by atoms with Crippen LogP contribution in [0.5, 0.6) is 0 Å². The Bertz CT molecular complexity index is 444. The zero-order valence-electron chi connectivity index (χ0n) is 9.44. The van der Waals surface area contributed by atoms with Crippen LogP contribution in [0.2, 0.25) is 0 Å². The lowest BCUT2D eigenvalue weighted by molar-refractivity contribution is 0.416. The number of hydrogen-bond donors (Lipinski definition) is 1. The molecule has 1 aromatic heterocycles. The van der Waals surface area contributed by atoms with E-state index in [0.717, 1.165) is 36.7 Å². The van der Waals surface area contributed by atoms with Crippen molar-refractivity contribution in [3.8, 4) is 0 Å². The van der Waals surface area contributed by atoms with Crippen LogP contribution in [-0.2, 0) is 0 Å². The number of aromatic nitrogens is 3. The molecule has 1 aromatic rings. The molecule has 16 heavy (non-hydrogen) atoms. The number of aryl methyl sites for hydroxylation is 1. The van der Waals surface area contributed by atoms with Crippen molar-refractivity contribution in [2.75, 3.05) is 18.0 Å². The van der Waals surface area contributed by atoms with Gasteiger partial charge in [-0.15, -0.1) is 0 Å². The van der Waals surface area contributed by atoms with E-state index in [4.69, 9.17) is 12.2 Å². The number of piperidine rings is 1. The molecule has 2 aliphatic rings. The highest BCUT2D eigenvalue weighted by molar-refractivity contribution is 7.71. The Kier molecular flexibility index (Phi) is 2.42. The van der Waals surface area contributed by atoms with Gasteiger partial charge >= 0.3 is 0 Å². The lowest BCUT2D eigenvalue weighted by Gasteiger charge is -2.32. The Hall–Kier alpha value is -0.970. The summed E-state index contributed by atoms with van der Waals surface area (Å²) in [6.45, 7) is 4.18. The van der Waals surface area contributed by atoms with Crippen molar-refractivity contribution in [3.05, 3.63) is 10.6 Å². The number of fused-ring (bicyclic) bond motifs is 2. The summed E-state index contributed by atoms with van der Waals surface area (Å²) in [5, 5.41) is 0. The quantitative estimate of drug-likeness (QED) is 0.758. The van der Waals surface area contributed by atoms with Crippen LogP contribution in [0, 0.1) is 23.5 Å². The van der Waals surface area contributed by atoms with Gasteiger partial charge in [0.05, 0.1) is 0 Å². The molecule has 5 heteroatoms. The van der Waals surface area contributed by atoms with Gasteiger partial charge in [0.1, 0.15) is 5.82 Å². The average molecular weight is 236 g/mol. The lowest BCUT2D eigenvalue weighted by atomic mass is 9.99. The van der Waals surface area contributed by atoms with Crippen LogP contribution in [0.15, 0.2) is 0 Å². The minimum Gasteiger partial charge on any atom is -0.342 e. The molecule has 0 aromatic carbocycles. The van der Waals surface area contributed by atoms with E-state index in [1.165, 1.54) is 19.3 Å². The van der Waals surface area contributed by atoms with Crippen molar-refractivity contribution in [2.24, 2.45) is 11.8 Å². The number of nitrogens with one attached hydrogen (secondary N) is 1. The topological polar surface area (TPSA) is 44.8 Å². The maximum Gasteiger partial charge on any atom is 0.224 e. The van der Waals surface area contributed by atoms with Gasteiger partial charge in [0.2, 0.25) is 10.7 Å². The summed E-state index contributed by atoms with van der Waals surface area (Å²) in [5.41, 5.74) is 0. The maximum absolute atomic E-state index is 5.06. The molecule has 0 unspecified atom stereocenters. The van der Waals surface area contributed by atoms with Crippen LogP contribution < -0.4 is 4.90 Å². The normalized spacial score (nSPS) is 28.4. The Labute approximate surface area is 100 Å². The van der Waals surface area contributed by atoms with Crippen molar-refractivity contribution in [1.82, 2.24) is 15.0 Å². The van der Waals surface area contributed by atoms with Gasteiger partial charge in [-0.25, -0.2) is 4.98 Å². The molecule has 3 rings (SSSR count). The highest BCUT2D eigenvalue weighted by Gasteiger charge is 2.33. The van der Waals surface area contributed by atoms with Crippen LogP contribution in [0.4, 0.5) is 5.95 Å². The number of aromatic amines is 1. The number of hydrogen-bond acceptors (Lipinski definition) is 4. The molecular formula is C11H16N4S. The Morgan fingerprint density at radius 1 is 1.25 bits per heavy atom. The van der Waals surface area contributed by atoms with E-state index in [1.807, 2.05) is 6.92 Å². The zero-order valence-corrected chi connectivity index (χ0v) is 10.3. The molecule has 2 fully saturated rings. The Balaban J connectivity index is 1.89. The smallest absolute Gasteiger partial charge is 0.224 e. The summed E-state index contributed by atoms with van der Waals surface area (Å²) >= 11 is 5.06. The van der Waals surface area contributed by atoms with Crippen LogP contribution in [-0.4, -0.2) is 28.0 Å². The fourth-order valence-electron chi connectivity index (χ4n) is 3.01. The SMILES string of the molecule is Cc1nc(=S)nc(N2C[C@@H]3CC[C@@H](C3)C2)[nH]1. The van der Waals surface area contributed by atoms with Crippen molar-refractivity contribution < 1.29 is 0 Å². The summed E-state index contributed by atoms with van der Waals surface area (Å²) in [6.07, 6.45) is 4.17. The standard InChI is InChI=1S/C11H16N4S/c1-7-12-10(14-11(16)13-7)15-5-8-2-3-9(4-8)6-15/h8-9H,2-6H2,1H3,(H,12,13,14,16)/t8-,9+. The van der Waals surface area contributed by atoms with E-state index in [2.05, 4.69) is 19.9 Å². The minimum atomic E-state index is 0.448. The first-order valence-electron chi connectivity index (χ1n) is 5.90. The van der Waals surface area contributed by atoms with Gasteiger partial charge in [0.25, 0.3) is 0 Å². The fourth-order valence-corrected chi connectivity index (χ4v) is 3.23. The van der Waals surface area contributed by atoms with E-state index in [-0.39, 0.29) is 0 Å². The molecule has 0 amide bonds. The highest BCUT2D eigenvalue weighted by atomic mass is 32.1. The molecule has 2 atom stereocenters. The van der Waals surface area contributed by atoms with E-state index in [0.29, 0.717) is 4.77 Å². The first-order valence-corrected chi connectivity index (χ1v) is 6.31. The zero-order chi connectivity index (χ0) is 11.1. The van der Waals surface area contributed by atoms with E-state index >= 15 is 0 Å². The number of anilines is 1. The van der Waals surface area contributed by atoms with Gasteiger partial charge < -0.3 is 9.88 Å². The first kappa shape index (κ1) is 10.2. The maximum atomic E-state index is 5.06. The van der Waals surface area contributed by atoms with Crippen LogP contribution >= 0.6 is 12.2 Å². The fraction of sp³-hybridized carbons (Fsp3) is 0.727. The Morgan fingerprint density at radius 3 is 2.56 bits per heavy atom. The van der Waals surface area contributed by atoms with Crippen molar-refractivity contribution in [2.45, 2.75) is 26.2 Å². The van der Waals surface area contributed by atoms with Gasteiger partial charge in [0.15, 0.2) is 0 Å². The predicted octanol–water partition coefficient (Wildman–Crippen LogP) is 2.08. The molecule has 0 radical (unpaired) electrons. The van der Waals surface area contributed by atoms with Crippen molar-refractivity contribution in [1.29, 1.82) is 0 Å². The first-order chi connectivity index (χ1) is 7.70. The molecule has 0 spiro atoms. The molecule has 1 aliphatic heterocycles. The summed E-state index contributed by atoms with van der Waals surface area (Å²) in [6, 6.07) is 0. The molecule has 1 saturated heterocycles. The number of H-pyrrole nitrogens is 1. The molecule has 1 saturated carbocycles. The molecule has 1 aliphatic carbocycles. The molecule has 2 bridgehead atoms. The highest BCUT2D eigenvalue weighted by Crippen LogP contribution is 2.37. The predicted molar refractivity (Wildman–Crippen MR) is 65.0 cm³/mol. The van der Waals surface area contributed by atoms with Gasteiger partial charge in [-0.1, -0.05) is 0 Å². The molecule has 4 nitrogen and oxygen atoms in total. The third-order valence-electron chi connectivity index (χ3n) is 3.66. The lowest BCUT2D eigenvalue weighted by Crippen LogP contribution is -2.37. The van der Waals surface area contributed by atoms with E-state index < -0.39 is 0 Å². The largest absolute Gasteiger partial charge is 0.342 e. The van der Waals surface area contributed by atoms with Crippen molar-refractivity contribution >= 4 is 18.2 Å². The van der Waals surface area contributed by atoms with Crippen LogP contribution in [0.3, 0.4) is 0 Å². The Morgan fingerprint density at radius 2 is 1.94 bits per heavy atom. The number of rotatable bonds is 1. The number of nitrogens with zero attached hydrogens (tertiary/aromatic N) is 3. The third kappa shape index (κ3) is 1.84. The second-order valence-electron chi connectivity index (χ2n) is 4.99. The van der Waals surface area contributed by atoms with Gasteiger partial charge in [-0.3, -0.25) is 0 Å². The summed E-state index contributed by atoms with van der Waals surface area (Å²) in [5.74, 6) is 3.48. The van der Waals surface area contributed by atoms with E-state index in [1.54, 1.807) is 0 Å². The van der Waals surface area contributed by atoms with Gasteiger partial charge in [-0.05, 0) is 50.2 Å². The summed E-state index contributed by atoms with van der Waals surface area (Å²) in [7, 11) is 0. The van der Waals surface area contributed by atoms with Gasteiger partial charge in [0, 0.05) is 13.1 Å². The molecule has 86 valence electrons. The molecule has 2 heterocycles. The van der Waals surface area contributed by atoms with Crippen LogP contribution in [0.1, 0.15) is 25.1 Å². The van der Waals surface area contributed by atoms with Crippen LogP contribution in [0.25, 0.3) is 0 Å². The second kappa shape index (κ2) is 3.80. The van der Waals surface area contributed by atoms with Gasteiger partial charge in [-0.2, -0.15) is 4.98 Å². The second-order valence-corrected chi connectivity index (χ2v) is 5.36. The molecule has 1 N–H and O–H groups in total.